The van der Waals surface area contributed by atoms with Crippen LogP contribution in [0, 0.1) is 0 Å². The molecular weight excluding hydrogens is 695 g/mol. The van der Waals surface area contributed by atoms with Crippen LogP contribution in [0.3, 0.4) is 0 Å². The van der Waals surface area contributed by atoms with Crippen LogP contribution in [0.4, 0.5) is 19.1 Å². The number of nitrogens with two attached hydrogens (primary N) is 2. The summed E-state index contributed by atoms with van der Waals surface area (Å²) in [6.45, 7) is 1.70. The molecule has 0 radical (unpaired) electrons. The molecule has 1 aromatic heterocycles. The summed E-state index contributed by atoms with van der Waals surface area (Å²) in [7, 11) is 0. The molecular formula is C35H37ClF3N5O7. The number of ether oxygens (including phenoxy) is 2. The van der Waals surface area contributed by atoms with E-state index in [1.807, 2.05) is 12.1 Å². The topological polar surface area (TPSA) is 200 Å². The Bertz CT molecular complexity index is 1820. The third-order valence-electron chi connectivity index (χ3n) is 8.00. The van der Waals surface area contributed by atoms with E-state index in [9.17, 15) is 27.6 Å². The molecule has 5 rings (SSSR count). The van der Waals surface area contributed by atoms with E-state index in [0.29, 0.717) is 42.6 Å². The van der Waals surface area contributed by atoms with Gasteiger partial charge in [0.15, 0.2) is 0 Å². The first-order chi connectivity index (χ1) is 24.2. The Hall–Kier alpha value is -4.99. The molecule has 1 unspecified atom stereocenters. The summed E-state index contributed by atoms with van der Waals surface area (Å²) < 4.78 is 54.6. The second-order valence-electron chi connectivity index (χ2n) is 11.7. The number of benzene rings is 2. The molecule has 2 heterocycles. The minimum atomic E-state index is -4.82. The van der Waals surface area contributed by atoms with E-state index in [2.05, 4.69) is 15.3 Å². The number of nitrogens with one attached hydrogen (secondary N) is 1. The average molecular weight is 732 g/mol. The van der Waals surface area contributed by atoms with Gasteiger partial charge in [-0.25, -0.2) is 4.98 Å². The van der Waals surface area contributed by atoms with Crippen molar-refractivity contribution in [3.05, 3.63) is 93.7 Å². The van der Waals surface area contributed by atoms with Crippen LogP contribution in [0.25, 0.3) is 11.1 Å². The van der Waals surface area contributed by atoms with Crippen LogP contribution in [-0.2, 0) is 14.3 Å². The fourth-order valence-corrected chi connectivity index (χ4v) is 5.75. The fourth-order valence-electron chi connectivity index (χ4n) is 5.58. The van der Waals surface area contributed by atoms with Gasteiger partial charge < -0.3 is 36.5 Å². The van der Waals surface area contributed by atoms with Gasteiger partial charge in [0.05, 0.1) is 18.9 Å². The van der Waals surface area contributed by atoms with Crippen LogP contribution in [0.5, 0.6) is 5.88 Å². The molecule has 2 aromatic carbocycles. The SMILES string of the molecule is CCC(=O)O.Nc1nc(O[C@H](c2ccc(Cl)cc2C2=CCCOC2)C(F)(F)F)cc(C2=C[C@H](N)C(c3cccc(C(=O)NCC(=O)O)c3)CC2)n1. The van der Waals surface area contributed by atoms with Gasteiger partial charge in [0.25, 0.3) is 5.91 Å². The smallest absolute Gasteiger partial charge is 0.429 e. The van der Waals surface area contributed by atoms with Gasteiger partial charge in [-0.3, -0.25) is 14.4 Å². The molecule has 16 heteroatoms. The van der Waals surface area contributed by atoms with E-state index in [1.165, 1.54) is 24.3 Å². The van der Waals surface area contributed by atoms with Gasteiger partial charge in [-0.15, -0.1) is 0 Å². The van der Waals surface area contributed by atoms with Crippen molar-refractivity contribution in [2.75, 3.05) is 25.5 Å². The zero-order valence-electron chi connectivity index (χ0n) is 27.5. The zero-order valence-corrected chi connectivity index (χ0v) is 28.2. The Labute approximate surface area is 296 Å². The van der Waals surface area contributed by atoms with Crippen molar-refractivity contribution in [3.8, 4) is 5.88 Å². The Morgan fingerprint density at radius 2 is 1.84 bits per heavy atom. The summed E-state index contributed by atoms with van der Waals surface area (Å²) in [4.78, 5) is 40.7. The number of alkyl halides is 3. The number of aromatic nitrogens is 2. The predicted octanol–water partition coefficient (Wildman–Crippen LogP) is 5.78. The van der Waals surface area contributed by atoms with Gasteiger partial charge in [-0.05, 0) is 65.8 Å². The van der Waals surface area contributed by atoms with Crippen molar-refractivity contribution < 1.29 is 47.2 Å². The first kappa shape index (κ1) is 38.8. The van der Waals surface area contributed by atoms with Gasteiger partial charge in [0, 0.05) is 40.6 Å². The number of anilines is 1. The summed E-state index contributed by atoms with van der Waals surface area (Å²) >= 11 is 6.17. The summed E-state index contributed by atoms with van der Waals surface area (Å²) in [6, 6.07) is 11.6. The molecule has 7 N–H and O–H groups in total. The van der Waals surface area contributed by atoms with Crippen molar-refractivity contribution in [2.24, 2.45) is 5.73 Å². The third-order valence-corrected chi connectivity index (χ3v) is 8.24. The highest BCUT2D eigenvalue weighted by atomic mass is 35.5. The molecule has 272 valence electrons. The standard InChI is InChI=1S/C32H31ClF3N5O5.C3H6O2/c33-21-7-9-23(24(13-21)20-5-2-10-45-16-20)29(32(34,35)36)46-27-14-26(40-31(38)41-27)18-6-8-22(25(37)12-18)17-3-1-4-19(11-17)30(44)39-15-28(42)43;1-2-3(4)5/h1,3-5,7,9,11-14,22,25,29H,2,6,8,10,15-16,37H2,(H,39,44)(H,42,43)(H2,38,40,41);2H2,1H3,(H,4,5)/t22?,25-,29+;/m0./s1. The molecule has 51 heavy (non-hydrogen) atoms. The number of nitrogens with zero attached hydrogens (tertiary/aromatic N) is 2. The number of carboxylic acids is 2. The van der Waals surface area contributed by atoms with Crippen LogP contribution in [0.15, 0.2) is 60.7 Å². The van der Waals surface area contributed by atoms with Crippen molar-refractivity contribution in [3.63, 3.8) is 0 Å². The number of amides is 1. The molecule has 0 spiro atoms. The quantitative estimate of drug-likeness (QED) is 0.169. The first-order valence-corrected chi connectivity index (χ1v) is 16.3. The molecule has 1 amide bonds. The van der Waals surface area contributed by atoms with Crippen LogP contribution in [0.1, 0.15) is 77.4 Å². The van der Waals surface area contributed by atoms with E-state index >= 15 is 0 Å². The van der Waals surface area contributed by atoms with E-state index < -0.39 is 42.7 Å². The summed E-state index contributed by atoms with van der Waals surface area (Å²) in [5, 5.41) is 19.2. The summed E-state index contributed by atoms with van der Waals surface area (Å²) in [6.07, 6.45) is -1.88. The Morgan fingerprint density at radius 1 is 1.10 bits per heavy atom. The molecule has 0 fully saturated rings. The maximum absolute atomic E-state index is 14.5. The zero-order chi connectivity index (χ0) is 37.3. The van der Waals surface area contributed by atoms with Crippen molar-refractivity contribution in [1.29, 1.82) is 0 Å². The van der Waals surface area contributed by atoms with Crippen LogP contribution in [0.2, 0.25) is 5.02 Å². The number of aliphatic carboxylic acids is 2. The summed E-state index contributed by atoms with van der Waals surface area (Å²) in [5.41, 5.74) is 15.2. The Balaban J connectivity index is 0.00000109. The van der Waals surface area contributed by atoms with Crippen molar-refractivity contribution in [2.45, 2.75) is 56.8 Å². The molecule has 3 aromatic rings. The average Bonchev–Trinajstić information content (AvgIpc) is 3.09. The molecule has 3 atom stereocenters. The number of carboxylic acid groups (broad SMARTS) is 2. The number of nitrogen functional groups attached to an aromatic ring is 1. The molecule has 2 aliphatic rings. The Morgan fingerprint density at radius 3 is 2.47 bits per heavy atom. The van der Waals surface area contributed by atoms with Gasteiger partial charge >= 0.3 is 18.1 Å². The van der Waals surface area contributed by atoms with Crippen LogP contribution in [-0.4, -0.2) is 70.0 Å². The lowest BCUT2D eigenvalue weighted by molar-refractivity contribution is -0.198. The lowest BCUT2D eigenvalue weighted by Crippen LogP contribution is -2.31. The van der Waals surface area contributed by atoms with Gasteiger partial charge in [-0.1, -0.05) is 48.9 Å². The minimum absolute atomic E-state index is 0.139. The lowest BCUT2D eigenvalue weighted by Gasteiger charge is -2.29. The number of allylic oxidation sites excluding steroid dienone is 1. The number of hydrogen-bond acceptors (Lipinski definition) is 9. The van der Waals surface area contributed by atoms with Crippen LogP contribution >= 0.6 is 11.6 Å². The highest BCUT2D eigenvalue weighted by Crippen LogP contribution is 2.42. The number of rotatable bonds is 10. The monoisotopic (exact) mass is 731 g/mol. The molecule has 12 nitrogen and oxygen atoms in total. The first-order valence-electron chi connectivity index (χ1n) is 15.9. The number of carbonyl (C=O) groups excluding carboxylic acids is 1. The second-order valence-corrected chi connectivity index (χ2v) is 12.1. The number of halogens is 4. The third kappa shape index (κ3) is 10.7. The normalized spacial score (nSPS) is 17.9. The molecule has 0 bridgehead atoms. The maximum Gasteiger partial charge on any atom is 0.429 e. The lowest BCUT2D eigenvalue weighted by atomic mass is 9.80. The fraction of sp³-hybridized carbons (Fsp3) is 0.343. The minimum Gasteiger partial charge on any atom is -0.481 e. The van der Waals surface area contributed by atoms with E-state index in [0.717, 1.165) is 5.56 Å². The van der Waals surface area contributed by atoms with E-state index in [4.69, 9.17) is 42.8 Å². The van der Waals surface area contributed by atoms with Gasteiger partial charge in [0.2, 0.25) is 17.9 Å². The predicted molar refractivity (Wildman–Crippen MR) is 183 cm³/mol. The molecule has 1 aliphatic heterocycles. The molecule has 0 saturated carbocycles. The van der Waals surface area contributed by atoms with E-state index in [-0.39, 0.29) is 52.6 Å². The highest BCUT2D eigenvalue weighted by Gasteiger charge is 2.45. The molecule has 0 saturated heterocycles. The van der Waals surface area contributed by atoms with Gasteiger partial charge in [0.1, 0.15) is 6.54 Å². The maximum atomic E-state index is 14.5. The number of carbonyl (C=O) groups is 3. The summed E-state index contributed by atoms with van der Waals surface area (Å²) in [5.74, 6) is -3.26. The van der Waals surface area contributed by atoms with E-state index in [1.54, 1.807) is 31.2 Å². The van der Waals surface area contributed by atoms with Crippen molar-refractivity contribution in [1.82, 2.24) is 15.3 Å². The van der Waals surface area contributed by atoms with Crippen molar-refractivity contribution >= 4 is 46.5 Å². The second kappa shape index (κ2) is 17.3. The largest absolute Gasteiger partial charge is 0.481 e. The highest BCUT2D eigenvalue weighted by molar-refractivity contribution is 6.30. The number of hydrogen-bond donors (Lipinski definition) is 5. The van der Waals surface area contributed by atoms with Crippen LogP contribution < -0.4 is 21.5 Å². The molecule has 1 aliphatic carbocycles. The Kier molecular flexibility index (Phi) is 13.2. The van der Waals surface area contributed by atoms with Gasteiger partial charge in [-0.2, -0.15) is 18.2 Å².